The van der Waals surface area contributed by atoms with E-state index in [0.717, 1.165) is 6.92 Å². The van der Waals surface area contributed by atoms with Gasteiger partial charge in [0.2, 0.25) is 53.2 Å². The zero-order valence-electron chi connectivity index (χ0n) is 43.1. The zero-order valence-corrected chi connectivity index (χ0v) is 43.1. The summed E-state index contributed by atoms with van der Waals surface area (Å²) in [4.78, 5) is 134. The van der Waals surface area contributed by atoms with E-state index in [-0.39, 0.29) is 49.5 Å². The van der Waals surface area contributed by atoms with Gasteiger partial charge in [0.15, 0.2) is 5.96 Å². The van der Waals surface area contributed by atoms with Gasteiger partial charge in [0.05, 0.1) is 31.8 Å². The molecule has 9 amide bonds. The van der Waals surface area contributed by atoms with Crippen molar-refractivity contribution in [1.82, 2.24) is 47.9 Å². The first-order valence-corrected chi connectivity index (χ1v) is 24.0. The molecule has 0 heterocycles. The van der Waals surface area contributed by atoms with Crippen LogP contribution in [0, 0.1) is 29.6 Å². The maximum Gasteiger partial charge on any atom is 0.326 e. The number of aliphatic hydroxyl groups is 2. The standard InChI is InChI=1S/C45H83N13O13/c1-12-25(10)35(44(70)71)57-38(64)28(14-13-15-49-45(47)48)53-43(69)36(26(11)60)58-40(66)30(20-59)52-32(62)19-50-31(61)18-51-41(67)33(23(6)7)56-39(65)29(17-22(4)5)54-42(68)34(24(8)9)55-37(63)27(46)16-21(2)3/h21-30,33-36,59-60H,12-20,46H2,1-11H3,(H,50,61)(H,51,67)(H,52,62)(H,53,69)(H,54,68)(H,55,63)(H,56,65)(H,57,64)(H,58,66)(H,70,71)(H4,47,48,49)/t25-,26+,27-,28-,29-,30-,33-,34-,35-,36-/m0/s1. The first kappa shape index (κ1) is 64.8. The van der Waals surface area contributed by atoms with E-state index in [2.05, 4.69) is 52.8 Å². The van der Waals surface area contributed by atoms with Crippen molar-refractivity contribution in [2.75, 3.05) is 26.2 Å². The van der Waals surface area contributed by atoms with Crippen molar-refractivity contribution in [3.63, 3.8) is 0 Å². The van der Waals surface area contributed by atoms with Crippen LogP contribution in [0.5, 0.6) is 0 Å². The van der Waals surface area contributed by atoms with Crippen molar-refractivity contribution in [3.05, 3.63) is 0 Å². The number of aliphatic imine (C=N–C) groups is 1. The van der Waals surface area contributed by atoms with Crippen molar-refractivity contribution in [1.29, 1.82) is 0 Å². The summed E-state index contributed by atoms with van der Waals surface area (Å²) in [6, 6.07) is -10.3. The van der Waals surface area contributed by atoms with Crippen molar-refractivity contribution >= 4 is 65.1 Å². The van der Waals surface area contributed by atoms with Crippen LogP contribution in [0.25, 0.3) is 0 Å². The van der Waals surface area contributed by atoms with Crippen LogP contribution in [-0.2, 0) is 47.9 Å². The van der Waals surface area contributed by atoms with Gasteiger partial charge in [-0.15, -0.1) is 0 Å². The molecule has 0 aliphatic rings. The lowest BCUT2D eigenvalue weighted by Gasteiger charge is -2.29. The SMILES string of the molecule is CC[C@H](C)[C@H](NC(=O)[C@H](CCCN=C(N)N)NC(=O)[C@@H](NC(=O)[C@H](CO)NC(=O)CNC(=O)CNC(=O)[C@@H](NC(=O)[C@H](CC(C)C)NC(=O)[C@@H](NC(=O)[C@@H](N)CC(C)C)C(C)C)C(C)C)[C@@H](C)O)C(=O)O. The molecule has 0 aliphatic heterocycles. The Morgan fingerprint density at radius 2 is 1.00 bits per heavy atom. The van der Waals surface area contributed by atoms with Crippen LogP contribution >= 0.6 is 0 Å². The number of nitrogens with zero attached hydrogens (tertiary/aromatic N) is 1. The van der Waals surface area contributed by atoms with Crippen LogP contribution in [0.3, 0.4) is 0 Å². The molecule has 26 nitrogen and oxygen atoms in total. The van der Waals surface area contributed by atoms with E-state index in [1.54, 1.807) is 41.5 Å². The maximum atomic E-state index is 13.6. The van der Waals surface area contributed by atoms with Crippen LogP contribution in [0.1, 0.15) is 108 Å². The molecule has 0 aromatic heterocycles. The first-order valence-electron chi connectivity index (χ1n) is 24.0. The van der Waals surface area contributed by atoms with Crippen LogP contribution in [-0.4, -0.2) is 161 Å². The summed E-state index contributed by atoms with van der Waals surface area (Å²) >= 11 is 0. The first-order chi connectivity index (χ1) is 33.0. The van der Waals surface area contributed by atoms with Crippen molar-refractivity contribution in [2.45, 2.75) is 163 Å². The Hall–Kier alpha value is -6.15. The van der Waals surface area contributed by atoms with Gasteiger partial charge in [-0.25, -0.2) is 4.79 Å². The van der Waals surface area contributed by atoms with Gasteiger partial charge in [-0.05, 0) is 62.2 Å². The van der Waals surface area contributed by atoms with E-state index in [1.807, 2.05) is 27.7 Å². The van der Waals surface area contributed by atoms with E-state index >= 15 is 0 Å². The summed E-state index contributed by atoms with van der Waals surface area (Å²) in [6.07, 6.45) is -0.587. The molecule has 0 bridgehead atoms. The number of aliphatic hydroxyl groups excluding tert-OH is 2. The normalized spacial score (nSPS) is 15.5. The second kappa shape index (κ2) is 32.7. The lowest BCUT2D eigenvalue weighted by Crippen LogP contribution is -2.61. The summed E-state index contributed by atoms with van der Waals surface area (Å²) in [6.45, 7) is 16.3. The van der Waals surface area contributed by atoms with Gasteiger partial charge < -0.3 is 80.4 Å². The minimum absolute atomic E-state index is 0.0418. The number of rotatable bonds is 33. The van der Waals surface area contributed by atoms with Crippen molar-refractivity contribution in [2.24, 2.45) is 51.8 Å². The molecule has 0 unspecified atom stereocenters. The molecule has 0 rings (SSSR count). The molecule has 0 saturated heterocycles. The Morgan fingerprint density at radius 3 is 1.49 bits per heavy atom. The average molecular weight is 1010 g/mol. The number of hydrogen-bond acceptors (Lipinski definition) is 14. The average Bonchev–Trinajstić information content (AvgIpc) is 3.27. The van der Waals surface area contributed by atoms with Crippen LogP contribution in [0.4, 0.5) is 0 Å². The highest BCUT2D eigenvalue weighted by Crippen LogP contribution is 2.13. The summed E-state index contributed by atoms with van der Waals surface area (Å²) in [7, 11) is 0. The molecule has 0 aliphatic carbocycles. The van der Waals surface area contributed by atoms with Gasteiger partial charge >= 0.3 is 5.97 Å². The molecular formula is C45H83N13O13. The number of carboxylic acids is 1. The molecule has 10 atom stereocenters. The number of hydrogen-bond donors (Lipinski definition) is 15. The maximum absolute atomic E-state index is 13.6. The molecule has 0 radical (unpaired) electrons. The quantitative estimate of drug-likeness (QED) is 0.0169. The molecule has 18 N–H and O–H groups in total. The number of aliphatic carboxylic acids is 1. The minimum atomic E-state index is -1.76. The molecular weight excluding hydrogens is 931 g/mol. The van der Waals surface area contributed by atoms with Crippen LogP contribution in [0.2, 0.25) is 0 Å². The molecule has 0 fully saturated rings. The van der Waals surface area contributed by atoms with Gasteiger partial charge in [0.25, 0.3) is 0 Å². The Balaban J connectivity index is 5.71. The van der Waals surface area contributed by atoms with E-state index in [1.165, 1.54) is 0 Å². The summed E-state index contributed by atoms with van der Waals surface area (Å²) in [5.41, 5.74) is 16.8. The van der Waals surface area contributed by atoms with Crippen molar-refractivity contribution in [3.8, 4) is 0 Å². The summed E-state index contributed by atoms with van der Waals surface area (Å²) < 4.78 is 0. The third-order valence-electron chi connectivity index (χ3n) is 11.0. The summed E-state index contributed by atoms with van der Waals surface area (Å²) in [5, 5.41) is 51.9. The number of guanidine groups is 1. The molecule has 406 valence electrons. The monoisotopic (exact) mass is 1010 g/mol. The highest BCUT2D eigenvalue weighted by molar-refractivity contribution is 5.97. The van der Waals surface area contributed by atoms with E-state index < -0.39 is 145 Å². The highest BCUT2D eigenvalue weighted by atomic mass is 16.4. The fraction of sp³-hybridized carbons (Fsp3) is 0.756. The van der Waals surface area contributed by atoms with Crippen LogP contribution < -0.4 is 65.1 Å². The fourth-order valence-electron chi connectivity index (χ4n) is 6.75. The predicted molar refractivity (Wildman–Crippen MR) is 262 cm³/mol. The second-order valence-electron chi connectivity index (χ2n) is 19.1. The lowest BCUT2D eigenvalue weighted by atomic mass is 9.98. The second-order valence-corrected chi connectivity index (χ2v) is 19.1. The molecule has 26 heteroatoms. The van der Waals surface area contributed by atoms with E-state index in [9.17, 15) is 63.3 Å². The minimum Gasteiger partial charge on any atom is -0.480 e. The third-order valence-corrected chi connectivity index (χ3v) is 11.0. The molecule has 0 saturated carbocycles. The molecule has 0 aromatic carbocycles. The van der Waals surface area contributed by atoms with Gasteiger partial charge in [0, 0.05) is 6.54 Å². The number of carboxylic acid groups (broad SMARTS) is 1. The lowest BCUT2D eigenvalue weighted by molar-refractivity contribution is -0.144. The third kappa shape index (κ3) is 25.0. The Bertz CT molecular complexity index is 1830. The van der Waals surface area contributed by atoms with Gasteiger partial charge in [-0.3, -0.25) is 48.1 Å². The number of carbonyl (C=O) groups excluding carboxylic acids is 9. The Labute approximate surface area is 416 Å². The topological polar surface area (TPSA) is 430 Å². The smallest absolute Gasteiger partial charge is 0.326 e. The van der Waals surface area contributed by atoms with Crippen LogP contribution in [0.15, 0.2) is 4.99 Å². The molecule has 0 aromatic rings. The molecule has 71 heavy (non-hydrogen) atoms. The Kier molecular flexibility index (Phi) is 29.8. The number of nitrogens with one attached hydrogen (secondary N) is 9. The number of carbonyl (C=O) groups is 10. The number of amides is 9. The number of nitrogens with two attached hydrogens (primary N) is 3. The fourth-order valence-corrected chi connectivity index (χ4v) is 6.75. The van der Waals surface area contributed by atoms with Gasteiger partial charge in [-0.2, -0.15) is 0 Å². The zero-order chi connectivity index (χ0) is 54.9. The Morgan fingerprint density at radius 1 is 0.535 bits per heavy atom. The van der Waals surface area contributed by atoms with Gasteiger partial charge in [-0.1, -0.05) is 75.7 Å². The highest BCUT2D eigenvalue weighted by Gasteiger charge is 2.36. The van der Waals surface area contributed by atoms with E-state index in [4.69, 9.17) is 17.2 Å². The van der Waals surface area contributed by atoms with Crippen molar-refractivity contribution < 1.29 is 63.3 Å². The van der Waals surface area contributed by atoms with Gasteiger partial charge in [0.1, 0.15) is 42.3 Å². The predicted octanol–water partition coefficient (Wildman–Crippen LogP) is -4.10. The molecule has 0 spiro atoms. The largest absolute Gasteiger partial charge is 0.480 e. The van der Waals surface area contributed by atoms with E-state index in [0.29, 0.717) is 12.8 Å². The summed E-state index contributed by atoms with van der Waals surface area (Å²) in [5.74, 6) is -10.4.